The van der Waals surface area contributed by atoms with Crippen LogP contribution in [-0.2, 0) is 6.54 Å². The zero-order chi connectivity index (χ0) is 11.4. The maximum Gasteiger partial charge on any atom is 0.236 e. The summed E-state index contributed by atoms with van der Waals surface area (Å²) in [5.41, 5.74) is 0.838. The molecule has 0 unspecified atom stereocenters. The highest BCUT2D eigenvalue weighted by Gasteiger charge is 2.29. The summed E-state index contributed by atoms with van der Waals surface area (Å²) in [5.74, 6) is 0.575. The Morgan fingerprint density at radius 2 is 2.19 bits per heavy atom. The van der Waals surface area contributed by atoms with Gasteiger partial charge in [0.05, 0.1) is 13.7 Å². The van der Waals surface area contributed by atoms with E-state index in [1.54, 1.807) is 19.5 Å². The zero-order valence-electron chi connectivity index (χ0n) is 9.46. The standard InChI is InChI=1S/C11H17N3O2/c1-16-11-10(12-4-5-13-11)8-14(6-7-15)9-2-3-9/h4-5,9,15H,2-3,6-8H2,1H3. The highest BCUT2D eigenvalue weighted by molar-refractivity contribution is 5.17. The molecule has 88 valence electrons. The van der Waals surface area contributed by atoms with E-state index in [1.807, 2.05) is 0 Å². The first-order valence-electron chi connectivity index (χ1n) is 5.54. The van der Waals surface area contributed by atoms with Crippen molar-refractivity contribution < 1.29 is 9.84 Å². The van der Waals surface area contributed by atoms with Crippen LogP contribution in [0.25, 0.3) is 0 Å². The molecule has 0 radical (unpaired) electrons. The van der Waals surface area contributed by atoms with Crippen molar-refractivity contribution >= 4 is 0 Å². The van der Waals surface area contributed by atoms with Gasteiger partial charge in [-0.3, -0.25) is 9.88 Å². The molecule has 2 rings (SSSR count). The lowest BCUT2D eigenvalue weighted by atomic mass is 10.3. The Balaban J connectivity index is 2.05. The summed E-state index contributed by atoms with van der Waals surface area (Å²) in [6.07, 6.45) is 5.71. The average Bonchev–Trinajstić information content (AvgIpc) is 3.13. The molecule has 5 nitrogen and oxygen atoms in total. The largest absolute Gasteiger partial charge is 0.480 e. The maximum absolute atomic E-state index is 9.01. The van der Waals surface area contributed by atoms with Gasteiger partial charge in [0, 0.05) is 31.5 Å². The van der Waals surface area contributed by atoms with Crippen molar-refractivity contribution in [1.82, 2.24) is 14.9 Å². The second-order valence-corrected chi connectivity index (χ2v) is 3.94. The van der Waals surface area contributed by atoms with Crippen LogP contribution in [0.4, 0.5) is 0 Å². The highest BCUT2D eigenvalue weighted by Crippen LogP contribution is 2.28. The molecule has 1 saturated carbocycles. The van der Waals surface area contributed by atoms with Gasteiger partial charge in [0.15, 0.2) is 0 Å². The Labute approximate surface area is 95.1 Å². The van der Waals surface area contributed by atoms with Crippen molar-refractivity contribution in [2.24, 2.45) is 0 Å². The monoisotopic (exact) mass is 223 g/mol. The molecular weight excluding hydrogens is 206 g/mol. The van der Waals surface area contributed by atoms with Gasteiger partial charge < -0.3 is 9.84 Å². The smallest absolute Gasteiger partial charge is 0.236 e. The molecule has 1 heterocycles. The van der Waals surface area contributed by atoms with Gasteiger partial charge in [-0.25, -0.2) is 4.98 Å². The molecule has 0 saturated heterocycles. The van der Waals surface area contributed by atoms with E-state index in [2.05, 4.69) is 14.9 Å². The van der Waals surface area contributed by atoms with Crippen molar-refractivity contribution in [2.75, 3.05) is 20.3 Å². The second-order valence-electron chi connectivity index (χ2n) is 3.94. The van der Waals surface area contributed by atoms with Crippen molar-refractivity contribution in [2.45, 2.75) is 25.4 Å². The number of aliphatic hydroxyl groups excluding tert-OH is 1. The fourth-order valence-corrected chi connectivity index (χ4v) is 1.78. The van der Waals surface area contributed by atoms with Crippen LogP contribution in [0.1, 0.15) is 18.5 Å². The third-order valence-corrected chi connectivity index (χ3v) is 2.73. The number of rotatable bonds is 6. The van der Waals surface area contributed by atoms with Crippen LogP contribution >= 0.6 is 0 Å². The molecular formula is C11H17N3O2. The van der Waals surface area contributed by atoms with Gasteiger partial charge in [-0.1, -0.05) is 0 Å². The fourth-order valence-electron chi connectivity index (χ4n) is 1.78. The van der Waals surface area contributed by atoms with Gasteiger partial charge in [-0.05, 0) is 12.8 Å². The number of hydrogen-bond acceptors (Lipinski definition) is 5. The number of ether oxygens (including phenoxy) is 1. The topological polar surface area (TPSA) is 58.5 Å². The molecule has 1 aliphatic rings. The Morgan fingerprint density at radius 3 is 2.81 bits per heavy atom. The highest BCUT2D eigenvalue weighted by atomic mass is 16.5. The summed E-state index contributed by atoms with van der Waals surface area (Å²) >= 11 is 0. The third kappa shape index (κ3) is 2.68. The number of methoxy groups -OCH3 is 1. The van der Waals surface area contributed by atoms with Crippen molar-refractivity contribution in [3.63, 3.8) is 0 Å². The molecule has 0 bridgehead atoms. The van der Waals surface area contributed by atoms with Crippen LogP contribution < -0.4 is 4.74 Å². The summed E-state index contributed by atoms with van der Waals surface area (Å²) in [6, 6.07) is 0.596. The Morgan fingerprint density at radius 1 is 1.44 bits per heavy atom. The van der Waals surface area contributed by atoms with Crippen LogP contribution in [0.5, 0.6) is 5.88 Å². The van der Waals surface area contributed by atoms with E-state index in [4.69, 9.17) is 9.84 Å². The summed E-state index contributed by atoms with van der Waals surface area (Å²) < 4.78 is 5.16. The second kappa shape index (κ2) is 5.23. The van der Waals surface area contributed by atoms with E-state index in [0.29, 0.717) is 25.0 Å². The Hall–Kier alpha value is -1.20. The first-order chi connectivity index (χ1) is 7.85. The van der Waals surface area contributed by atoms with Crippen molar-refractivity contribution in [1.29, 1.82) is 0 Å². The number of aromatic nitrogens is 2. The van der Waals surface area contributed by atoms with Crippen molar-refractivity contribution in [3.05, 3.63) is 18.1 Å². The molecule has 0 aliphatic heterocycles. The fraction of sp³-hybridized carbons (Fsp3) is 0.636. The SMILES string of the molecule is COc1nccnc1CN(CCO)C1CC1. The molecule has 0 aromatic carbocycles. The Kier molecular flexibility index (Phi) is 3.69. The molecule has 1 fully saturated rings. The van der Waals surface area contributed by atoms with E-state index < -0.39 is 0 Å². The van der Waals surface area contributed by atoms with E-state index in [9.17, 15) is 0 Å². The van der Waals surface area contributed by atoms with Crippen LogP contribution in [0, 0.1) is 0 Å². The van der Waals surface area contributed by atoms with Gasteiger partial charge in [-0.15, -0.1) is 0 Å². The molecule has 1 aromatic heterocycles. The first kappa shape index (κ1) is 11.3. The predicted octanol–water partition coefficient (Wildman–Crippen LogP) is 0.442. The summed E-state index contributed by atoms with van der Waals surface area (Å²) in [6.45, 7) is 1.56. The van der Waals surface area contributed by atoms with Gasteiger partial charge in [-0.2, -0.15) is 0 Å². The van der Waals surface area contributed by atoms with Crippen LogP contribution in [0.3, 0.4) is 0 Å². The lowest BCUT2D eigenvalue weighted by Crippen LogP contribution is -2.29. The minimum atomic E-state index is 0.180. The van der Waals surface area contributed by atoms with Crippen LogP contribution in [0.15, 0.2) is 12.4 Å². The van der Waals surface area contributed by atoms with E-state index >= 15 is 0 Å². The van der Waals surface area contributed by atoms with E-state index in [1.165, 1.54) is 12.8 Å². The molecule has 5 heteroatoms. The van der Waals surface area contributed by atoms with Gasteiger partial charge in [0.1, 0.15) is 5.69 Å². The quantitative estimate of drug-likeness (QED) is 0.758. The molecule has 1 aromatic rings. The normalized spacial score (nSPS) is 15.4. The van der Waals surface area contributed by atoms with E-state index in [0.717, 1.165) is 5.69 Å². The van der Waals surface area contributed by atoms with Crippen LogP contribution in [0.2, 0.25) is 0 Å². The molecule has 16 heavy (non-hydrogen) atoms. The maximum atomic E-state index is 9.01. The lowest BCUT2D eigenvalue weighted by Gasteiger charge is -2.20. The number of aliphatic hydroxyl groups is 1. The predicted molar refractivity (Wildman–Crippen MR) is 59.1 cm³/mol. The minimum absolute atomic E-state index is 0.180. The van der Waals surface area contributed by atoms with E-state index in [-0.39, 0.29) is 6.61 Å². The average molecular weight is 223 g/mol. The summed E-state index contributed by atoms with van der Waals surface area (Å²) in [4.78, 5) is 10.6. The molecule has 0 amide bonds. The Bertz CT molecular complexity index is 342. The number of hydrogen-bond donors (Lipinski definition) is 1. The molecule has 0 spiro atoms. The van der Waals surface area contributed by atoms with Gasteiger partial charge >= 0.3 is 0 Å². The first-order valence-corrected chi connectivity index (χ1v) is 5.54. The van der Waals surface area contributed by atoms with Gasteiger partial charge in [0.2, 0.25) is 5.88 Å². The number of nitrogens with zero attached hydrogens (tertiary/aromatic N) is 3. The summed E-state index contributed by atoms with van der Waals surface area (Å²) in [5, 5.41) is 9.01. The van der Waals surface area contributed by atoms with Gasteiger partial charge in [0.25, 0.3) is 0 Å². The van der Waals surface area contributed by atoms with Crippen molar-refractivity contribution in [3.8, 4) is 5.88 Å². The molecule has 1 N–H and O–H groups in total. The summed E-state index contributed by atoms with van der Waals surface area (Å²) in [7, 11) is 1.60. The van der Waals surface area contributed by atoms with Crippen LogP contribution in [-0.4, -0.2) is 46.3 Å². The molecule has 0 atom stereocenters. The lowest BCUT2D eigenvalue weighted by molar-refractivity contribution is 0.180. The third-order valence-electron chi connectivity index (χ3n) is 2.73. The minimum Gasteiger partial charge on any atom is -0.480 e. The molecule has 1 aliphatic carbocycles. The zero-order valence-corrected chi connectivity index (χ0v) is 9.46.